The summed E-state index contributed by atoms with van der Waals surface area (Å²) in [5, 5.41) is 3.62. The molecule has 1 aromatic carbocycles. The molecular formula is C14H22IN. The van der Waals surface area contributed by atoms with Crippen LogP contribution in [0.2, 0.25) is 0 Å². The fourth-order valence-corrected chi connectivity index (χ4v) is 2.80. The van der Waals surface area contributed by atoms with E-state index in [-0.39, 0.29) is 0 Å². The van der Waals surface area contributed by atoms with Crippen LogP contribution < -0.4 is 5.32 Å². The van der Waals surface area contributed by atoms with E-state index in [2.05, 4.69) is 72.9 Å². The van der Waals surface area contributed by atoms with Gasteiger partial charge < -0.3 is 5.32 Å². The van der Waals surface area contributed by atoms with E-state index in [1.807, 2.05) is 0 Å². The van der Waals surface area contributed by atoms with Crippen LogP contribution >= 0.6 is 22.6 Å². The van der Waals surface area contributed by atoms with Gasteiger partial charge in [0.25, 0.3) is 0 Å². The molecule has 0 aliphatic rings. The van der Waals surface area contributed by atoms with Crippen LogP contribution in [0.25, 0.3) is 0 Å². The van der Waals surface area contributed by atoms with Gasteiger partial charge in [0, 0.05) is 9.61 Å². The molecule has 1 N–H and O–H groups in total. The van der Waals surface area contributed by atoms with Crippen molar-refractivity contribution in [1.82, 2.24) is 5.32 Å². The number of rotatable bonds is 6. The monoisotopic (exact) mass is 331 g/mol. The van der Waals surface area contributed by atoms with Crippen molar-refractivity contribution in [3.05, 3.63) is 33.4 Å². The van der Waals surface area contributed by atoms with Gasteiger partial charge in [-0.15, -0.1) is 0 Å². The Bertz CT molecular complexity index is 307. The van der Waals surface area contributed by atoms with Crippen LogP contribution in [0.1, 0.15) is 45.2 Å². The first-order valence-electron chi connectivity index (χ1n) is 6.21. The molecule has 1 rings (SSSR count). The molecule has 0 saturated carbocycles. The van der Waals surface area contributed by atoms with E-state index in [0.717, 1.165) is 12.5 Å². The minimum Gasteiger partial charge on any atom is -0.310 e. The maximum Gasteiger partial charge on any atom is 0.0348 e. The summed E-state index contributed by atoms with van der Waals surface area (Å²) in [6.45, 7) is 7.79. The molecule has 90 valence electrons. The molecule has 1 atom stereocenters. The number of hydrogen-bond donors (Lipinski definition) is 1. The third kappa shape index (κ3) is 3.74. The predicted octanol–water partition coefficient (Wildman–Crippen LogP) is 4.38. The summed E-state index contributed by atoms with van der Waals surface area (Å²) in [6, 6.07) is 9.36. The van der Waals surface area contributed by atoms with Gasteiger partial charge in [-0.3, -0.25) is 0 Å². The van der Waals surface area contributed by atoms with Crippen LogP contribution in [0.4, 0.5) is 0 Å². The summed E-state index contributed by atoms with van der Waals surface area (Å²) in [7, 11) is 0. The topological polar surface area (TPSA) is 12.0 Å². The predicted molar refractivity (Wildman–Crippen MR) is 79.6 cm³/mol. The van der Waals surface area contributed by atoms with Gasteiger partial charge >= 0.3 is 0 Å². The molecule has 0 saturated heterocycles. The van der Waals surface area contributed by atoms with Crippen molar-refractivity contribution in [3.8, 4) is 0 Å². The Kier molecular flexibility index (Phi) is 6.36. The molecule has 0 heterocycles. The van der Waals surface area contributed by atoms with Crippen molar-refractivity contribution < 1.29 is 0 Å². The molecule has 0 aliphatic heterocycles. The zero-order valence-electron chi connectivity index (χ0n) is 10.5. The van der Waals surface area contributed by atoms with Crippen molar-refractivity contribution >= 4 is 22.6 Å². The number of benzene rings is 1. The number of nitrogens with one attached hydrogen (secondary N) is 1. The lowest BCUT2D eigenvalue weighted by atomic mass is 9.89. The zero-order valence-corrected chi connectivity index (χ0v) is 12.6. The summed E-state index contributed by atoms with van der Waals surface area (Å²) in [5.74, 6) is 0.734. The molecule has 0 spiro atoms. The third-order valence-corrected chi connectivity index (χ3v) is 3.82. The van der Waals surface area contributed by atoms with Crippen LogP contribution in [0.15, 0.2) is 24.3 Å². The highest BCUT2D eigenvalue weighted by Crippen LogP contribution is 2.28. The van der Waals surface area contributed by atoms with Gasteiger partial charge in [0.05, 0.1) is 0 Å². The molecule has 0 radical (unpaired) electrons. The normalized spacial score (nSPS) is 13.1. The summed E-state index contributed by atoms with van der Waals surface area (Å²) in [4.78, 5) is 0. The van der Waals surface area contributed by atoms with Crippen LogP contribution in [0.5, 0.6) is 0 Å². The van der Waals surface area contributed by atoms with Crippen LogP contribution in [0.3, 0.4) is 0 Å². The highest BCUT2D eigenvalue weighted by molar-refractivity contribution is 14.1. The molecule has 16 heavy (non-hydrogen) atoms. The van der Waals surface area contributed by atoms with Crippen LogP contribution in [-0.2, 0) is 0 Å². The Morgan fingerprint density at radius 3 is 2.38 bits per heavy atom. The fourth-order valence-electron chi connectivity index (χ4n) is 2.24. The first-order valence-corrected chi connectivity index (χ1v) is 7.29. The minimum absolute atomic E-state index is 0.509. The smallest absolute Gasteiger partial charge is 0.0348 e. The Morgan fingerprint density at radius 2 is 1.88 bits per heavy atom. The van der Waals surface area contributed by atoms with Crippen molar-refractivity contribution in [2.45, 2.75) is 39.7 Å². The van der Waals surface area contributed by atoms with E-state index in [1.165, 1.54) is 22.0 Å². The van der Waals surface area contributed by atoms with E-state index in [4.69, 9.17) is 0 Å². The number of hydrogen-bond acceptors (Lipinski definition) is 1. The molecule has 0 aromatic heterocycles. The van der Waals surface area contributed by atoms with Crippen molar-refractivity contribution in [2.75, 3.05) is 6.54 Å². The second-order valence-corrected chi connectivity index (χ2v) is 5.41. The lowest BCUT2D eigenvalue weighted by molar-refractivity contribution is 0.346. The molecule has 0 aliphatic carbocycles. The molecular weight excluding hydrogens is 309 g/mol. The van der Waals surface area contributed by atoms with Gasteiger partial charge in [-0.2, -0.15) is 0 Å². The second-order valence-electron chi connectivity index (χ2n) is 4.17. The lowest BCUT2D eigenvalue weighted by Gasteiger charge is -2.26. The minimum atomic E-state index is 0.509. The average Bonchev–Trinajstić information content (AvgIpc) is 2.29. The maximum absolute atomic E-state index is 3.62. The summed E-state index contributed by atoms with van der Waals surface area (Å²) in [5.41, 5.74) is 1.43. The summed E-state index contributed by atoms with van der Waals surface area (Å²) in [6.07, 6.45) is 2.47. The highest BCUT2D eigenvalue weighted by Gasteiger charge is 2.19. The van der Waals surface area contributed by atoms with E-state index >= 15 is 0 Å². The summed E-state index contributed by atoms with van der Waals surface area (Å²) >= 11 is 2.39. The van der Waals surface area contributed by atoms with Crippen LogP contribution in [0, 0.1) is 9.49 Å². The fraction of sp³-hybridized carbons (Fsp3) is 0.571. The van der Waals surface area contributed by atoms with Crippen LogP contribution in [-0.4, -0.2) is 6.54 Å². The highest BCUT2D eigenvalue weighted by atomic mass is 127. The van der Waals surface area contributed by atoms with E-state index < -0.39 is 0 Å². The lowest BCUT2D eigenvalue weighted by Crippen LogP contribution is -2.27. The van der Waals surface area contributed by atoms with Gasteiger partial charge in [0.1, 0.15) is 0 Å². The van der Waals surface area contributed by atoms with Gasteiger partial charge in [-0.1, -0.05) is 45.7 Å². The molecule has 1 unspecified atom stereocenters. The Morgan fingerprint density at radius 1 is 1.19 bits per heavy atom. The third-order valence-electron chi connectivity index (χ3n) is 3.15. The van der Waals surface area contributed by atoms with E-state index in [1.54, 1.807) is 0 Å². The SMILES string of the molecule is CCNC(c1cccc(I)c1)C(CC)CC. The molecule has 0 fully saturated rings. The van der Waals surface area contributed by atoms with Crippen molar-refractivity contribution in [3.63, 3.8) is 0 Å². The largest absolute Gasteiger partial charge is 0.310 e. The van der Waals surface area contributed by atoms with Gasteiger partial charge in [-0.25, -0.2) is 0 Å². The Hall–Kier alpha value is -0.0900. The van der Waals surface area contributed by atoms with E-state index in [0.29, 0.717) is 6.04 Å². The second kappa shape index (κ2) is 7.28. The molecule has 1 aromatic rings. The average molecular weight is 331 g/mol. The standard InChI is InChI=1S/C14H22IN/c1-4-11(5-2)14(16-6-3)12-8-7-9-13(15)10-12/h7-11,14,16H,4-6H2,1-3H3. The summed E-state index contributed by atoms with van der Waals surface area (Å²) < 4.78 is 1.32. The number of halogens is 1. The molecule has 1 nitrogen and oxygen atoms in total. The quantitative estimate of drug-likeness (QED) is 0.763. The first kappa shape index (κ1) is 14.0. The van der Waals surface area contributed by atoms with Gasteiger partial charge in [-0.05, 0) is 52.7 Å². The van der Waals surface area contributed by atoms with Crippen molar-refractivity contribution in [2.24, 2.45) is 5.92 Å². The first-order chi connectivity index (χ1) is 7.72. The van der Waals surface area contributed by atoms with E-state index in [9.17, 15) is 0 Å². The maximum atomic E-state index is 3.62. The molecule has 0 amide bonds. The molecule has 0 bridgehead atoms. The Balaban J connectivity index is 2.91. The van der Waals surface area contributed by atoms with Gasteiger partial charge in [0.2, 0.25) is 0 Å². The Labute approximate surface area is 113 Å². The zero-order chi connectivity index (χ0) is 12.0. The van der Waals surface area contributed by atoms with Gasteiger partial charge in [0.15, 0.2) is 0 Å². The van der Waals surface area contributed by atoms with Crippen molar-refractivity contribution in [1.29, 1.82) is 0 Å². The molecule has 2 heteroatoms.